The molecule has 6 heteroatoms. The molecule has 154 valence electrons. The number of nitrogens with one attached hydrogen (secondary N) is 1. The third-order valence-electron chi connectivity index (χ3n) is 5.69. The second-order valence-corrected chi connectivity index (χ2v) is 7.72. The Labute approximate surface area is 172 Å². The van der Waals surface area contributed by atoms with E-state index < -0.39 is 6.10 Å². The number of ether oxygens (including phenoxy) is 1. The average Bonchev–Trinajstić information content (AvgIpc) is 2.94. The normalized spacial score (nSPS) is 18.4. The third-order valence-corrected chi connectivity index (χ3v) is 5.69. The Morgan fingerprint density at radius 1 is 1.07 bits per heavy atom. The van der Waals surface area contributed by atoms with Crippen LogP contribution in [0.5, 0.6) is 5.75 Å². The van der Waals surface area contributed by atoms with Crippen LogP contribution in [0, 0.1) is 0 Å². The number of para-hydroxylation sites is 1. The summed E-state index contributed by atoms with van der Waals surface area (Å²) in [4.78, 5) is 16.6. The number of amides is 1. The number of hydrogen-bond donors (Lipinski definition) is 2. The molecule has 29 heavy (non-hydrogen) atoms. The van der Waals surface area contributed by atoms with Gasteiger partial charge in [-0.1, -0.05) is 24.3 Å². The monoisotopic (exact) mass is 395 g/mol. The molecule has 2 N–H and O–H groups in total. The summed E-state index contributed by atoms with van der Waals surface area (Å²) in [6.45, 7) is 5.55. The number of piperazine rings is 1. The molecular weight excluding hydrogens is 366 g/mol. The van der Waals surface area contributed by atoms with E-state index in [0.717, 1.165) is 44.7 Å². The molecule has 2 aliphatic rings. The molecule has 1 fully saturated rings. The number of carbonyl (C=O) groups is 1. The maximum Gasteiger partial charge on any atom is 0.227 e. The second kappa shape index (κ2) is 9.29. The van der Waals surface area contributed by atoms with Gasteiger partial charge in [0, 0.05) is 31.9 Å². The van der Waals surface area contributed by atoms with Crippen LogP contribution in [0.4, 0.5) is 11.4 Å². The first-order valence-electron chi connectivity index (χ1n) is 10.5. The quantitative estimate of drug-likeness (QED) is 0.787. The summed E-state index contributed by atoms with van der Waals surface area (Å²) >= 11 is 0. The maximum atomic E-state index is 11.7. The van der Waals surface area contributed by atoms with Crippen LogP contribution < -0.4 is 15.0 Å². The summed E-state index contributed by atoms with van der Waals surface area (Å²) in [5.74, 6) is 0.619. The fourth-order valence-electron chi connectivity index (χ4n) is 3.99. The van der Waals surface area contributed by atoms with Crippen molar-refractivity contribution in [3.05, 3.63) is 54.1 Å². The van der Waals surface area contributed by atoms with Crippen LogP contribution in [0.1, 0.15) is 30.9 Å². The SMILES string of the molecule is O=C1CCOc2ccc(C(O)CCCN3CCN(c4ccccc4)CC3)cc2N1. The van der Waals surface area contributed by atoms with Crippen molar-refractivity contribution >= 4 is 17.3 Å². The Balaban J connectivity index is 1.23. The van der Waals surface area contributed by atoms with Crippen LogP contribution in [0.3, 0.4) is 0 Å². The van der Waals surface area contributed by atoms with Gasteiger partial charge in [0.1, 0.15) is 5.75 Å². The van der Waals surface area contributed by atoms with Crippen LogP contribution in [0.25, 0.3) is 0 Å². The molecule has 0 bridgehead atoms. The van der Waals surface area contributed by atoms with Gasteiger partial charge in [0.25, 0.3) is 0 Å². The van der Waals surface area contributed by atoms with E-state index in [-0.39, 0.29) is 5.91 Å². The lowest BCUT2D eigenvalue weighted by atomic mass is 10.0. The predicted molar refractivity (Wildman–Crippen MR) is 114 cm³/mol. The largest absolute Gasteiger partial charge is 0.491 e. The minimum atomic E-state index is -0.536. The van der Waals surface area contributed by atoms with E-state index in [9.17, 15) is 9.90 Å². The first-order valence-corrected chi connectivity index (χ1v) is 10.5. The molecule has 1 atom stereocenters. The summed E-state index contributed by atoms with van der Waals surface area (Å²) in [5, 5.41) is 13.5. The van der Waals surface area contributed by atoms with Crippen molar-refractivity contribution in [3.63, 3.8) is 0 Å². The summed E-state index contributed by atoms with van der Waals surface area (Å²) in [6, 6.07) is 16.1. The highest BCUT2D eigenvalue weighted by molar-refractivity contribution is 5.93. The van der Waals surface area contributed by atoms with Gasteiger partial charge in [-0.3, -0.25) is 9.69 Å². The zero-order valence-corrected chi connectivity index (χ0v) is 16.7. The number of aliphatic hydroxyl groups is 1. The Hall–Kier alpha value is -2.57. The van der Waals surface area contributed by atoms with Crippen molar-refractivity contribution in [2.24, 2.45) is 0 Å². The lowest BCUT2D eigenvalue weighted by Crippen LogP contribution is -2.46. The highest BCUT2D eigenvalue weighted by atomic mass is 16.5. The van der Waals surface area contributed by atoms with Crippen LogP contribution in [-0.2, 0) is 4.79 Å². The summed E-state index contributed by atoms with van der Waals surface area (Å²) < 4.78 is 5.58. The molecular formula is C23H29N3O3. The van der Waals surface area contributed by atoms with E-state index in [1.54, 1.807) is 0 Å². The molecule has 0 aromatic heterocycles. The standard InChI is InChI=1S/C23H29N3O3/c27-21(18-8-9-22-20(17-18)24-23(28)10-16-29-22)7-4-11-25-12-14-26(15-13-25)19-5-2-1-3-6-19/h1-3,5-6,8-9,17,21,27H,4,7,10-16H2,(H,24,28). The maximum absolute atomic E-state index is 11.7. The minimum Gasteiger partial charge on any atom is -0.491 e. The fourth-order valence-corrected chi connectivity index (χ4v) is 3.99. The number of rotatable bonds is 6. The minimum absolute atomic E-state index is 0.0509. The zero-order valence-electron chi connectivity index (χ0n) is 16.7. The van der Waals surface area contributed by atoms with Crippen molar-refractivity contribution in [2.45, 2.75) is 25.4 Å². The number of hydrogen-bond acceptors (Lipinski definition) is 5. The van der Waals surface area contributed by atoms with Crippen LogP contribution >= 0.6 is 0 Å². The fraction of sp³-hybridized carbons (Fsp3) is 0.435. The molecule has 2 aromatic rings. The Kier molecular flexibility index (Phi) is 6.32. The van der Waals surface area contributed by atoms with E-state index >= 15 is 0 Å². The molecule has 1 amide bonds. The van der Waals surface area contributed by atoms with Crippen molar-refractivity contribution < 1.29 is 14.6 Å². The van der Waals surface area contributed by atoms with Crippen LogP contribution in [-0.4, -0.2) is 55.2 Å². The number of carbonyl (C=O) groups excluding carboxylic acids is 1. The highest BCUT2D eigenvalue weighted by Gasteiger charge is 2.19. The number of benzene rings is 2. The topological polar surface area (TPSA) is 65.0 Å². The first-order chi connectivity index (χ1) is 14.2. The van der Waals surface area contributed by atoms with Gasteiger partial charge in [-0.25, -0.2) is 0 Å². The molecule has 1 saturated heterocycles. The van der Waals surface area contributed by atoms with Gasteiger partial charge in [0.05, 0.1) is 24.8 Å². The molecule has 0 spiro atoms. The van der Waals surface area contributed by atoms with Gasteiger partial charge in [-0.2, -0.15) is 0 Å². The molecule has 0 aliphatic carbocycles. The van der Waals surface area contributed by atoms with Crippen molar-refractivity contribution in [2.75, 3.05) is 49.5 Å². The lowest BCUT2D eigenvalue weighted by Gasteiger charge is -2.36. The van der Waals surface area contributed by atoms with E-state index in [0.29, 0.717) is 30.9 Å². The molecule has 0 radical (unpaired) electrons. The number of fused-ring (bicyclic) bond motifs is 1. The summed E-state index contributed by atoms with van der Waals surface area (Å²) in [7, 11) is 0. The summed E-state index contributed by atoms with van der Waals surface area (Å²) in [6.07, 6.45) is 1.45. The van der Waals surface area contributed by atoms with Gasteiger partial charge in [0.2, 0.25) is 5.91 Å². The Morgan fingerprint density at radius 2 is 1.86 bits per heavy atom. The predicted octanol–water partition coefficient (Wildman–Crippen LogP) is 3.04. The van der Waals surface area contributed by atoms with E-state index in [1.807, 2.05) is 18.2 Å². The van der Waals surface area contributed by atoms with E-state index in [2.05, 4.69) is 45.4 Å². The Morgan fingerprint density at radius 3 is 2.66 bits per heavy atom. The number of aliphatic hydroxyl groups excluding tert-OH is 1. The van der Waals surface area contributed by atoms with Crippen molar-refractivity contribution in [3.8, 4) is 5.75 Å². The van der Waals surface area contributed by atoms with E-state index in [1.165, 1.54) is 5.69 Å². The van der Waals surface area contributed by atoms with Gasteiger partial charge < -0.3 is 20.1 Å². The van der Waals surface area contributed by atoms with Crippen molar-refractivity contribution in [1.82, 2.24) is 4.90 Å². The molecule has 1 unspecified atom stereocenters. The van der Waals surface area contributed by atoms with Gasteiger partial charge in [-0.15, -0.1) is 0 Å². The number of nitrogens with zero attached hydrogens (tertiary/aromatic N) is 2. The molecule has 6 nitrogen and oxygen atoms in total. The third kappa shape index (κ3) is 5.08. The van der Waals surface area contributed by atoms with Crippen LogP contribution in [0.2, 0.25) is 0 Å². The average molecular weight is 396 g/mol. The van der Waals surface area contributed by atoms with Crippen LogP contribution in [0.15, 0.2) is 48.5 Å². The number of anilines is 2. The Bertz CT molecular complexity index is 819. The summed E-state index contributed by atoms with van der Waals surface area (Å²) in [5.41, 5.74) is 2.77. The van der Waals surface area contributed by atoms with E-state index in [4.69, 9.17) is 4.74 Å². The first kappa shape index (κ1) is 19.7. The highest BCUT2D eigenvalue weighted by Crippen LogP contribution is 2.31. The lowest BCUT2D eigenvalue weighted by molar-refractivity contribution is -0.116. The molecule has 0 saturated carbocycles. The second-order valence-electron chi connectivity index (χ2n) is 7.72. The van der Waals surface area contributed by atoms with Crippen molar-refractivity contribution in [1.29, 1.82) is 0 Å². The molecule has 4 rings (SSSR count). The van der Waals surface area contributed by atoms with Gasteiger partial charge >= 0.3 is 0 Å². The smallest absolute Gasteiger partial charge is 0.227 e. The molecule has 2 aromatic carbocycles. The van der Waals surface area contributed by atoms with Gasteiger partial charge in [-0.05, 0) is 49.2 Å². The zero-order chi connectivity index (χ0) is 20.1. The molecule has 2 heterocycles. The van der Waals surface area contributed by atoms with Gasteiger partial charge in [0.15, 0.2) is 0 Å². The molecule has 2 aliphatic heterocycles.